The summed E-state index contributed by atoms with van der Waals surface area (Å²) in [4.78, 5) is 68.0. The van der Waals surface area contributed by atoms with Gasteiger partial charge in [-0.15, -0.1) is 6.58 Å². The fourth-order valence-corrected chi connectivity index (χ4v) is 5.49. The maximum absolute atomic E-state index is 14.2. The van der Waals surface area contributed by atoms with E-state index in [2.05, 4.69) is 22.5 Å². The van der Waals surface area contributed by atoms with Crippen molar-refractivity contribution in [3.63, 3.8) is 0 Å². The van der Waals surface area contributed by atoms with Crippen LogP contribution in [0.5, 0.6) is 5.75 Å². The van der Waals surface area contributed by atoms with Gasteiger partial charge in [0.25, 0.3) is 5.91 Å². The number of fused-ring (bicyclic) bond motifs is 4. The third-order valence-corrected chi connectivity index (χ3v) is 7.83. The molecule has 1 aromatic carbocycles. The summed E-state index contributed by atoms with van der Waals surface area (Å²) in [7, 11) is 0. The highest BCUT2D eigenvalue weighted by Gasteiger charge is 2.47. The molecular weight excluding hydrogens is 564 g/mol. The average Bonchev–Trinajstić information content (AvgIpc) is 3.35. The van der Waals surface area contributed by atoms with Gasteiger partial charge in [-0.3, -0.25) is 24.0 Å². The summed E-state index contributed by atoms with van der Waals surface area (Å²) in [5, 5.41) is 8.11. The third-order valence-electron chi connectivity index (χ3n) is 7.83. The van der Waals surface area contributed by atoms with Gasteiger partial charge in [-0.1, -0.05) is 52.3 Å². The number of carbonyl (C=O) groups is 5. The summed E-state index contributed by atoms with van der Waals surface area (Å²) in [6, 6.07) is 4.32. The number of hydrogen-bond acceptors (Lipinski definition) is 7. The molecule has 44 heavy (non-hydrogen) atoms. The number of Topliss-reactive ketones (excluding diaryl/α,β-unsaturated/α-hetero) is 1. The fourth-order valence-electron chi connectivity index (χ4n) is 5.49. The van der Waals surface area contributed by atoms with Gasteiger partial charge in [-0.2, -0.15) is 0 Å². The Bertz CT molecular complexity index is 1240. The highest BCUT2D eigenvalue weighted by atomic mass is 16.5. The van der Waals surface area contributed by atoms with Crippen LogP contribution in [0, 0.1) is 5.41 Å². The molecule has 1 fully saturated rings. The highest BCUT2D eigenvalue weighted by molar-refractivity contribution is 6.38. The lowest BCUT2D eigenvalue weighted by atomic mass is 9.85. The SMILES string of the molecule is C=CCNC(=O)C(=O)C(CCC)NC(=O)C1C[C@@H]2CN1C(=O)[C@H](C(C)(C)C)NC(=O)Cc1cccc(c1)OCCC(C)(C)O2. The van der Waals surface area contributed by atoms with Crippen molar-refractivity contribution in [2.75, 3.05) is 19.7 Å². The second-order valence-corrected chi connectivity index (χ2v) is 13.2. The number of ketones is 1. The van der Waals surface area contributed by atoms with E-state index in [4.69, 9.17) is 9.47 Å². The molecule has 1 saturated heterocycles. The van der Waals surface area contributed by atoms with E-state index in [0.717, 1.165) is 5.56 Å². The minimum Gasteiger partial charge on any atom is -0.493 e. The van der Waals surface area contributed by atoms with Crippen molar-refractivity contribution in [1.82, 2.24) is 20.9 Å². The van der Waals surface area contributed by atoms with Gasteiger partial charge in [0, 0.05) is 25.9 Å². The molecule has 4 bridgehead atoms. The van der Waals surface area contributed by atoms with Crippen LogP contribution < -0.4 is 20.7 Å². The molecule has 1 aromatic rings. The third kappa shape index (κ3) is 9.38. The Kier molecular flexibility index (Phi) is 11.7. The second-order valence-electron chi connectivity index (χ2n) is 13.2. The predicted octanol–water partition coefficient (Wildman–Crippen LogP) is 2.46. The van der Waals surface area contributed by atoms with Gasteiger partial charge in [0.05, 0.1) is 30.8 Å². The van der Waals surface area contributed by atoms with Crippen molar-refractivity contribution in [2.24, 2.45) is 5.41 Å². The van der Waals surface area contributed by atoms with E-state index in [1.54, 1.807) is 0 Å². The molecule has 0 aliphatic carbocycles. The number of nitrogens with zero attached hydrogens (tertiary/aromatic N) is 1. The first kappa shape index (κ1) is 34.8. The van der Waals surface area contributed by atoms with Crippen LogP contribution in [-0.2, 0) is 35.1 Å². The molecule has 2 unspecified atom stereocenters. The first-order valence-electron chi connectivity index (χ1n) is 15.4. The summed E-state index contributed by atoms with van der Waals surface area (Å²) in [5.41, 5.74) is -0.585. The van der Waals surface area contributed by atoms with E-state index in [1.165, 1.54) is 11.0 Å². The van der Waals surface area contributed by atoms with Crippen molar-refractivity contribution >= 4 is 29.4 Å². The summed E-state index contributed by atoms with van der Waals surface area (Å²) in [6.07, 6.45) is 2.53. The van der Waals surface area contributed by atoms with Crippen molar-refractivity contribution in [2.45, 2.75) is 103 Å². The minimum atomic E-state index is -1.06. The first-order valence-corrected chi connectivity index (χ1v) is 15.4. The van der Waals surface area contributed by atoms with Crippen molar-refractivity contribution in [3.05, 3.63) is 42.5 Å². The topological polar surface area (TPSA) is 143 Å². The largest absolute Gasteiger partial charge is 0.493 e. The van der Waals surface area contributed by atoms with E-state index in [9.17, 15) is 24.0 Å². The predicted molar refractivity (Wildman–Crippen MR) is 166 cm³/mol. The molecule has 0 aromatic heterocycles. The summed E-state index contributed by atoms with van der Waals surface area (Å²) < 4.78 is 12.4. The lowest BCUT2D eigenvalue weighted by molar-refractivity contribution is -0.145. The van der Waals surface area contributed by atoms with Crippen LogP contribution >= 0.6 is 0 Å². The van der Waals surface area contributed by atoms with E-state index in [-0.39, 0.29) is 38.3 Å². The lowest BCUT2D eigenvalue weighted by Crippen LogP contribution is -2.59. The Morgan fingerprint density at radius 3 is 2.61 bits per heavy atom. The van der Waals surface area contributed by atoms with Gasteiger partial charge in [0.15, 0.2) is 0 Å². The van der Waals surface area contributed by atoms with E-state index in [0.29, 0.717) is 25.2 Å². The van der Waals surface area contributed by atoms with Crippen LogP contribution in [0.25, 0.3) is 0 Å². The van der Waals surface area contributed by atoms with Crippen molar-refractivity contribution in [3.8, 4) is 5.75 Å². The van der Waals surface area contributed by atoms with E-state index >= 15 is 0 Å². The van der Waals surface area contributed by atoms with Gasteiger partial charge < -0.3 is 30.3 Å². The maximum Gasteiger partial charge on any atom is 0.289 e. The molecule has 2 heterocycles. The normalized spacial score (nSPS) is 23.1. The van der Waals surface area contributed by atoms with Gasteiger partial charge >= 0.3 is 0 Å². The van der Waals surface area contributed by atoms with Crippen LogP contribution in [0.2, 0.25) is 0 Å². The Hall–Kier alpha value is -3.73. The van der Waals surface area contributed by atoms with E-state index < -0.39 is 58.8 Å². The quantitative estimate of drug-likeness (QED) is 0.302. The Balaban J connectivity index is 1.94. The van der Waals surface area contributed by atoms with Gasteiger partial charge in [0.1, 0.15) is 17.8 Å². The molecule has 11 nitrogen and oxygen atoms in total. The Labute approximate surface area is 260 Å². The van der Waals surface area contributed by atoms with Crippen LogP contribution in [0.1, 0.15) is 72.8 Å². The Morgan fingerprint density at radius 1 is 1.23 bits per heavy atom. The summed E-state index contributed by atoms with van der Waals surface area (Å²) >= 11 is 0. The van der Waals surface area contributed by atoms with Crippen LogP contribution in [0.3, 0.4) is 0 Å². The monoisotopic (exact) mass is 612 g/mol. The number of rotatable bonds is 8. The molecule has 2 aliphatic rings. The number of hydrogen-bond donors (Lipinski definition) is 3. The van der Waals surface area contributed by atoms with Crippen LogP contribution in [0.15, 0.2) is 36.9 Å². The lowest BCUT2D eigenvalue weighted by Gasteiger charge is -2.36. The maximum atomic E-state index is 14.2. The van der Waals surface area contributed by atoms with Crippen molar-refractivity contribution < 1.29 is 33.4 Å². The van der Waals surface area contributed by atoms with Gasteiger partial charge in [0.2, 0.25) is 23.5 Å². The zero-order chi connectivity index (χ0) is 32.7. The van der Waals surface area contributed by atoms with Crippen molar-refractivity contribution in [1.29, 1.82) is 0 Å². The molecule has 0 saturated carbocycles. The van der Waals surface area contributed by atoms with Gasteiger partial charge in [-0.05, 0) is 43.4 Å². The number of amides is 4. The standard InChI is InChI=1S/C33H48N4O7/c1-8-11-24(27(39)30(41)34-15-9-2)35-29(40)25-19-23-20-37(25)31(42)28(32(3,4)5)36-26(38)18-21-12-10-13-22(17-21)43-16-14-33(6,7)44-23/h9-10,12-13,17,23-25,28H,2,8,11,14-16,18-20H2,1,3-7H3,(H,34,41)(H,35,40)(H,36,38)/t23-,24?,25?,28-/m1/s1. The Morgan fingerprint density at radius 2 is 1.95 bits per heavy atom. The molecule has 2 aliphatic heterocycles. The molecule has 0 spiro atoms. The molecule has 3 N–H and O–H groups in total. The zero-order valence-electron chi connectivity index (χ0n) is 26.9. The summed E-state index contributed by atoms with van der Waals surface area (Å²) in [6.45, 7) is 15.4. The molecule has 242 valence electrons. The second kappa shape index (κ2) is 14.8. The fraction of sp³-hybridized carbons (Fsp3) is 0.606. The number of nitrogens with one attached hydrogen (secondary N) is 3. The molecule has 0 radical (unpaired) electrons. The summed E-state index contributed by atoms with van der Waals surface area (Å²) in [5.74, 6) is -2.24. The number of ether oxygens (including phenoxy) is 2. The smallest absolute Gasteiger partial charge is 0.289 e. The average molecular weight is 613 g/mol. The van der Waals surface area contributed by atoms with Crippen LogP contribution in [-0.4, -0.2) is 83.8 Å². The molecule has 11 heteroatoms. The molecular formula is C33H48N4O7. The highest BCUT2D eigenvalue weighted by Crippen LogP contribution is 2.31. The van der Waals surface area contributed by atoms with Crippen LogP contribution in [0.4, 0.5) is 0 Å². The number of benzene rings is 1. The zero-order valence-corrected chi connectivity index (χ0v) is 26.9. The van der Waals surface area contributed by atoms with Gasteiger partial charge in [-0.25, -0.2) is 0 Å². The molecule has 4 amide bonds. The molecule has 3 rings (SSSR count). The minimum absolute atomic E-state index is 0.0485. The van der Waals surface area contributed by atoms with E-state index in [1.807, 2.05) is 65.8 Å². The molecule has 4 atom stereocenters. The number of carbonyl (C=O) groups excluding carboxylic acids is 5. The first-order chi connectivity index (χ1) is 20.6.